The molecular formula is C16H23N3O3. The summed E-state index contributed by atoms with van der Waals surface area (Å²) in [5.74, 6) is -0.598. The van der Waals surface area contributed by atoms with E-state index in [1.54, 1.807) is 19.1 Å². The van der Waals surface area contributed by atoms with Crippen LogP contribution < -0.4 is 16.0 Å². The number of benzene rings is 1. The first kappa shape index (κ1) is 17.7. The lowest BCUT2D eigenvalue weighted by atomic mass is 10.1. The maximum Gasteiger partial charge on any atom is 0.242 e. The van der Waals surface area contributed by atoms with E-state index in [0.717, 1.165) is 11.3 Å². The van der Waals surface area contributed by atoms with Gasteiger partial charge in [-0.05, 0) is 24.6 Å². The Kier molecular flexibility index (Phi) is 6.56. The van der Waals surface area contributed by atoms with Crippen LogP contribution in [-0.2, 0) is 20.9 Å². The standard InChI is InChI=1S/C16H23N3O3/c1-10(2)15(21)19-14-7-5-13(6-8-14)9-17-16(22)11(3)18-12(4)20/h5-8,10-11H,9H2,1-4H3,(H,17,22)(H,18,20)(H,19,21). The highest BCUT2D eigenvalue weighted by atomic mass is 16.2. The first-order valence-corrected chi connectivity index (χ1v) is 7.24. The number of hydrogen-bond acceptors (Lipinski definition) is 3. The van der Waals surface area contributed by atoms with Gasteiger partial charge in [0.05, 0.1) is 0 Å². The van der Waals surface area contributed by atoms with Gasteiger partial charge in [0.2, 0.25) is 17.7 Å². The Labute approximate surface area is 130 Å². The minimum atomic E-state index is -0.567. The Balaban J connectivity index is 2.49. The number of amides is 3. The molecule has 3 N–H and O–H groups in total. The maximum atomic E-state index is 11.8. The number of carbonyl (C=O) groups is 3. The fourth-order valence-corrected chi connectivity index (χ4v) is 1.71. The van der Waals surface area contributed by atoms with Gasteiger partial charge in [0.1, 0.15) is 6.04 Å². The molecule has 6 heteroatoms. The average Bonchev–Trinajstić information content (AvgIpc) is 2.45. The van der Waals surface area contributed by atoms with Crippen molar-refractivity contribution in [2.75, 3.05) is 5.32 Å². The summed E-state index contributed by atoms with van der Waals surface area (Å²) in [7, 11) is 0. The zero-order valence-corrected chi connectivity index (χ0v) is 13.4. The highest BCUT2D eigenvalue weighted by molar-refractivity contribution is 5.92. The Morgan fingerprint density at radius 2 is 1.59 bits per heavy atom. The Hall–Kier alpha value is -2.37. The van der Waals surface area contributed by atoms with Crippen molar-refractivity contribution in [2.24, 2.45) is 5.92 Å². The normalized spacial score (nSPS) is 11.7. The molecule has 1 atom stereocenters. The Bertz CT molecular complexity index is 538. The van der Waals surface area contributed by atoms with Crippen LogP contribution in [0.15, 0.2) is 24.3 Å². The van der Waals surface area contributed by atoms with Crippen LogP contribution in [0.1, 0.15) is 33.3 Å². The summed E-state index contributed by atoms with van der Waals surface area (Å²) in [5.41, 5.74) is 1.63. The van der Waals surface area contributed by atoms with Crippen molar-refractivity contribution in [3.8, 4) is 0 Å². The van der Waals surface area contributed by atoms with E-state index >= 15 is 0 Å². The molecule has 0 bridgehead atoms. The van der Waals surface area contributed by atoms with Gasteiger partial charge in [-0.1, -0.05) is 26.0 Å². The summed E-state index contributed by atoms with van der Waals surface area (Å²) in [5, 5.41) is 8.06. The van der Waals surface area contributed by atoms with Crippen molar-refractivity contribution in [1.82, 2.24) is 10.6 Å². The summed E-state index contributed by atoms with van der Waals surface area (Å²) >= 11 is 0. The minimum Gasteiger partial charge on any atom is -0.350 e. The van der Waals surface area contributed by atoms with E-state index in [1.807, 2.05) is 26.0 Å². The van der Waals surface area contributed by atoms with Crippen molar-refractivity contribution in [3.63, 3.8) is 0 Å². The van der Waals surface area contributed by atoms with Gasteiger partial charge in [-0.25, -0.2) is 0 Å². The van der Waals surface area contributed by atoms with Gasteiger partial charge in [-0.2, -0.15) is 0 Å². The molecule has 6 nitrogen and oxygen atoms in total. The number of anilines is 1. The van der Waals surface area contributed by atoms with Gasteiger partial charge < -0.3 is 16.0 Å². The zero-order chi connectivity index (χ0) is 16.7. The van der Waals surface area contributed by atoms with Crippen molar-refractivity contribution >= 4 is 23.4 Å². The summed E-state index contributed by atoms with van der Waals surface area (Å²) in [4.78, 5) is 34.2. The van der Waals surface area contributed by atoms with Gasteiger partial charge in [0, 0.05) is 25.1 Å². The molecule has 0 heterocycles. The molecule has 0 aliphatic heterocycles. The van der Waals surface area contributed by atoms with E-state index in [0.29, 0.717) is 6.54 Å². The van der Waals surface area contributed by atoms with Crippen LogP contribution in [0.25, 0.3) is 0 Å². The van der Waals surface area contributed by atoms with E-state index in [-0.39, 0.29) is 23.6 Å². The molecule has 3 amide bonds. The average molecular weight is 305 g/mol. The van der Waals surface area contributed by atoms with E-state index < -0.39 is 6.04 Å². The van der Waals surface area contributed by atoms with E-state index in [9.17, 15) is 14.4 Å². The van der Waals surface area contributed by atoms with Gasteiger partial charge in [-0.3, -0.25) is 14.4 Å². The monoisotopic (exact) mass is 305 g/mol. The number of hydrogen-bond donors (Lipinski definition) is 3. The second-order valence-corrected chi connectivity index (χ2v) is 5.48. The van der Waals surface area contributed by atoms with Crippen LogP contribution in [0.5, 0.6) is 0 Å². The molecule has 1 unspecified atom stereocenters. The molecule has 0 fully saturated rings. The summed E-state index contributed by atoms with van der Waals surface area (Å²) in [6.45, 7) is 7.02. The Morgan fingerprint density at radius 3 is 2.09 bits per heavy atom. The van der Waals surface area contributed by atoms with Crippen LogP contribution in [0.3, 0.4) is 0 Å². The van der Waals surface area contributed by atoms with Crippen LogP contribution in [0.2, 0.25) is 0 Å². The molecule has 1 aromatic rings. The molecule has 0 aliphatic carbocycles. The highest BCUT2D eigenvalue weighted by Crippen LogP contribution is 2.11. The summed E-state index contributed by atoms with van der Waals surface area (Å²) in [6.07, 6.45) is 0. The molecule has 1 aromatic carbocycles. The predicted octanol–water partition coefficient (Wildman–Crippen LogP) is 1.42. The molecule has 0 saturated carbocycles. The van der Waals surface area contributed by atoms with Gasteiger partial charge in [-0.15, -0.1) is 0 Å². The minimum absolute atomic E-state index is 0.0369. The van der Waals surface area contributed by atoms with Crippen LogP contribution >= 0.6 is 0 Å². The van der Waals surface area contributed by atoms with E-state index in [1.165, 1.54) is 6.92 Å². The largest absolute Gasteiger partial charge is 0.350 e. The Morgan fingerprint density at radius 1 is 1.00 bits per heavy atom. The molecule has 120 valence electrons. The topological polar surface area (TPSA) is 87.3 Å². The van der Waals surface area contributed by atoms with Crippen molar-refractivity contribution < 1.29 is 14.4 Å². The van der Waals surface area contributed by atoms with E-state index in [2.05, 4.69) is 16.0 Å². The molecular weight excluding hydrogens is 282 g/mol. The first-order valence-electron chi connectivity index (χ1n) is 7.24. The molecule has 0 aromatic heterocycles. The molecule has 0 saturated heterocycles. The first-order chi connectivity index (χ1) is 10.3. The van der Waals surface area contributed by atoms with Gasteiger partial charge in [0.25, 0.3) is 0 Å². The van der Waals surface area contributed by atoms with E-state index in [4.69, 9.17) is 0 Å². The van der Waals surface area contributed by atoms with Crippen LogP contribution in [0.4, 0.5) is 5.69 Å². The number of carbonyl (C=O) groups excluding carboxylic acids is 3. The fourth-order valence-electron chi connectivity index (χ4n) is 1.71. The third-order valence-electron chi connectivity index (χ3n) is 3.03. The lowest BCUT2D eigenvalue weighted by molar-refractivity contribution is -0.127. The van der Waals surface area contributed by atoms with Crippen molar-refractivity contribution in [1.29, 1.82) is 0 Å². The fraction of sp³-hybridized carbons (Fsp3) is 0.438. The lowest BCUT2D eigenvalue weighted by Gasteiger charge is -2.13. The second kappa shape index (κ2) is 8.17. The number of nitrogens with one attached hydrogen (secondary N) is 3. The second-order valence-electron chi connectivity index (χ2n) is 5.48. The molecule has 0 spiro atoms. The lowest BCUT2D eigenvalue weighted by Crippen LogP contribution is -2.43. The third-order valence-corrected chi connectivity index (χ3v) is 3.03. The molecule has 0 radical (unpaired) electrons. The highest BCUT2D eigenvalue weighted by Gasteiger charge is 2.13. The van der Waals surface area contributed by atoms with Crippen LogP contribution in [-0.4, -0.2) is 23.8 Å². The summed E-state index contributed by atoms with van der Waals surface area (Å²) in [6, 6.07) is 6.68. The number of rotatable bonds is 6. The van der Waals surface area contributed by atoms with Gasteiger partial charge >= 0.3 is 0 Å². The molecule has 22 heavy (non-hydrogen) atoms. The summed E-state index contributed by atoms with van der Waals surface area (Å²) < 4.78 is 0. The molecule has 0 aliphatic rings. The van der Waals surface area contributed by atoms with Gasteiger partial charge in [0.15, 0.2) is 0 Å². The zero-order valence-electron chi connectivity index (χ0n) is 13.4. The van der Waals surface area contributed by atoms with Crippen molar-refractivity contribution in [3.05, 3.63) is 29.8 Å². The maximum absolute atomic E-state index is 11.8. The smallest absolute Gasteiger partial charge is 0.242 e. The SMILES string of the molecule is CC(=O)NC(C)C(=O)NCc1ccc(NC(=O)C(C)C)cc1. The third kappa shape index (κ3) is 5.95. The quantitative estimate of drug-likeness (QED) is 0.743. The van der Waals surface area contributed by atoms with Crippen LogP contribution in [0, 0.1) is 5.92 Å². The van der Waals surface area contributed by atoms with Crippen molar-refractivity contribution in [2.45, 2.75) is 40.3 Å². The molecule has 1 rings (SSSR count). The predicted molar refractivity (Wildman–Crippen MR) is 85.0 cm³/mol.